The summed E-state index contributed by atoms with van der Waals surface area (Å²) in [6.07, 6.45) is 4.81. The molecule has 0 radical (unpaired) electrons. The van der Waals surface area contributed by atoms with Gasteiger partial charge in [0, 0.05) is 71.7 Å². The zero-order valence-electron chi connectivity index (χ0n) is 18.7. The summed E-state index contributed by atoms with van der Waals surface area (Å²) in [5.74, 6) is 2.08. The van der Waals surface area contributed by atoms with Crippen LogP contribution >= 0.6 is 24.0 Å². The number of piperazine rings is 1. The summed E-state index contributed by atoms with van der Waals surface area (Å²) in [5.41, 5.74) is 2.67. The lowest BCUT2D eigenvalue weighted by Gasteiger charge is -2.36. The Hall–Kier alpha value is -2.39. The Morgan fingerprint density at radius 2 is 1.53 bits per heavy atom. The summed E-state index contributed by atoms with van der Waals surface area (Å²) in [5, 5.41) is 3.54. The molecule has 0 spiro atoms. The van der Waals surface area contributed by atoms with Gasteiger partial charge in [-0.05, 0) is 11.1 Å². The van der Waals surface area contributed by atoms with Crippen LogP contribution < -0.4 is 5.32 Å². The lowest BCUT2D eigenvalue weighted by Crippen LogP contribution is -2.52. The maximum atomic E-state index is 4.56. The van der Waals surface area contributed by atoms with Gasteiger partial charge in [0.15, 0.2) is 5.96 Å². The molecule has 1 saturated heterocycles. The van der Waals surface area contributed by atoms with Crippen molar-refractivity contribution in [2.45, 2.75) is 19.5 Å². The molecule has 1 N–H and O–H groups in total. The predicted octanol–water partition coefficient (Wildman–Crippen LogP) is 3.49. The molecule has 0 unspecified atom stereocenters. The Bertz CT molecular complexity index is 949. The molecule has 170 valence electrons. The van der Waals surface area contributed by atoms with Crippen molar-refractivity contribution in [2.24, 2.45) is 4.99 Å². The van der Waals surface area contributed by atoms with Crippen LogP contribution in [0.15, 0.2) is 78.0 Å². The highest BCUT2D eigenvalue weighted by Crippen LogP contribution is 2.09. The van der Waals surface area contributed by atoms with Crippen molar-refractivity contribution < 1.29 is 0 Å². The average molecular weight is 544 g/mol. The van der Waals surface area contributed by atoms with Crippen molar-refractivity contribution >= 4 is 29.9 Å². The van der Waals surface area contributed by atoms with Crippen molar-refractivity contribution in [1.29, 1.82) is 0 Å². The molecular weight excluding hydrogens is 511 g/mol. The maximum absolute atomic E-state index is 4.56. The van der Waals surface area contributed by atoms with Gasteiger partial charge >= 0.3 is 0 Å². The number of hydrogen-bond acceptors (Lipinski definition) is 3. The number of aromatic nitrogens is 2. The Labute approximate surface area is 208 Å². The Balaban J connectivity index is 0.00000289. The van der Waals surface area contributed by atoms with E-state index in [9.17, 15) is 0 Å². The zero-order chi connectivity index (χ0) is 21.3. The molecule has 4 rings (SSSR count). The van der Waals surface area contributed by atoms with Crippen molar-refractivity contribution in [3.63, 3.8) is 0 Å². The number of rotatable bonds is 7. The van der Waals surface area contributed by atoms with Gasteiger partial charge < -0.3 is 14.8 Å². The van der Waals surface area contributed by atoms with E-state index >= 15 is 0 Å². The van der Waals surface area contributed by atoms with Crippen LogP contribution in [0.3, 0.4) is 0 Å². The molecule has 0 saturated carbocycles. The van der Waals surface area contributed by atoms with Crippen LogP contribution in [0.1, 0.15) is 17.0 Å². The first kappa shape index (κ1) is 24.3. The number of halogens is 1. The van der Waals surface area contributed by atoms with Crippen molar-refractivity contribution in [3.05, 3.63) is 90.0 Å². The normalized spacial score (nSPS) is 14.8. The molecule has 3 aromatic rings. The third-order valence-corrected chi connectivity index (χ3v) is 5.76. The summed E-state index contributed by atoms with van der Waals surface area (Å²) >= 11 is 0. The van der Waals surface area contributed by atoms with E-state index in [0.29, 0.717) is 0 Å². The Morgan fingerprint density at radius 1 is 0.906 bits per heavy atom. The molecule has 2 aromatic carbocycles. The van der Waals surface area contributed by atoms with Gasteiger partial charge in [-0.15, -0.1) is 24.0 Å². The highest BCUT2D eigenvalue weighted by atomic mass is 127. The minimum atomic E-state index is 0. The fraction of sp³-hybridized carbons (Fsp3) is 0.360. The third kappa shape index (κ3) is 6.80. The van der Waals surface area contributed by atoms with Gasteiger partial charge in [0.2, 0.25) is 0 Å². The summed E-state index contributed by atoms with van der Waals surface area (Å²) in [4.78, 5) is 13.9. The quantitative estimate of drug-likeness (QED) is 0.281. The highest BCUT2D eigenvalue weighted by Gasteiger charge is 2.19. The van der Waals surface area contributed by atoms with E-state index in [1.54, 1.807) is 0 Å². The molecule has 1 fully saturated rings. The Morgan fingerprint density at radius 3 is 2.16 bits per heavy atom. The molecule has 0 amide bonds. The second kappa shape index (κ2) is 12.6. The van der Waals surface area contributed by atoms with E-state index in [0.717, 1.165) is 64.0 Å². The van der Waals surface area contributed by atoms with Crippen molar-refractivity contribution in [1.82, 2.24) is 24.7 Å². The lowest BCUT2D eigenvalue weighted by atomic mass is 10.2. The second-order valence-corrected chi connectivity index (χ2v) is 7.93. The van der Waals surface area contributed by atoms with Gasteiger partial charge in [-0.1, -0.05) is 60.7 Å². The van der Waals surface area contributed by atoms with Crippen LogP contribution in [0.25, 0.3) is 0 Å². The molecule has 1 aliphatic rings. The van der Waals surface area contributed by atoms with Crippen LogP contribution in [0.2, 0.25) is 0 Å². The third-order valence-electron chi connectivity index (χ3n) is 5.76. The summed E-state index contributed by atoms with van der Waals surface area (Å²) < 4.78 is 2.22. The van der Waals surface area contributed by atoms with Crippen molar-refractivity contribution in [3.8, 4) is 0 Å². The van der Waals surface area contributed by atoms with E-state index < -0.39 is 0 Å². The van der Waals surface area contributed by atoms with E-state index in [1.165, 1.54) is 11.1 Å². The zero-order valence-corrected chi connectivity index (χ0v) is 21.1. The summed E-state index contributed by atoms with van der Waals surface area (Å²) in [6, 6.07) is 21.2. The van der Waals surface area contributed by atoms with Gasteiger partial charge in [0.1, 0.15) is 5.82 Å². The minimum Gasteiger partial charge on any atom is -0.356 e. The van der Waals surface area contributed by atoms with E-state index in [2.05, 4.69) is 96.5 Å². The van der Waals surface area contributed by atoms with E-state index in [4.69, 9.17) is 0 Å². The number of benzene rings is 2. The molecule has 0 aliphatic carbocycles. The molecule has 32 heavy (non-hydrogen) atoms. The smallest absolute Gasteiger partial charge is 0.193 e. The molecule has 6 nitrogen and oxygen atoms in total. The standard InChI is InChI=1S/C25H32N6.HI/c1-26-25(30-18-16-29(17-19-30)20-22-8-4-2-5-9-22)28-13-12-24-27-14-15-31(24)21-23-10-6-3-7-11-23;/h2-11,14-15H,12-13,16-21H2,1H3,(H,26,28);1H. The van der Waals surface area contributed by atoms with E-state index in [-0.39, 0.29) is 24.0 Å². The van der Waals surface area contributed by atoms with Gasteiger partial charge in [-0.2, -0.15) is 0 Å². The molecule has 0 atom stereocenters. The topological polar surface area (TPSA) is 48.7 Å². The molecule has 1 aliphatic heterocycles. The summed E-state index contributed by atoms with van der Waals surface area (Å²) in [6.45, 7) is 6.79. The highest BCUT2D eigenvalue weighted by molar-refractivity contribution is 14.0. The first-order valence-corrected chi connectivity index (χ1v) is 11.1. The number of imidazole rings is 1. The average Bonchev–Trinajstić information content (AvgIpc) is 3.25. The maximum Gasteiger partial charge on any atom is 0.193 e. The summed E-state index contributed by atoms with van der Waals surface area (Å²) in [7, 11) is 1.87. The van der Waals surface area contributed by atoms with Crippen LogP contribution in [-0.4, -0.2) is 65.1 Å². The molecule has 2 heterocycles. The molecule has 7 heteroatoms. The number of nitrogens with zero attached hydrogens (tertiary/aromatic N) is 5. The fourth-order valence-corrected chi connectivity index (χ4v) is 4.07. The lowest BCUT2D eigenvalue weighted by molar-refractivity contribution is 0.172. The van der Waals surface area contributed by atoms with Crippen LogP contribution in [0.4, 0.5) is 0 Å². The van der Waals surface area contributed by atoms with Gasteiger partial charge in [-0.25, -0.2) is 4.98 Å². The SMILES string of the molecule is CN=C(NCCc1nccn1Cc1ccccc1)N1CCN(Cc2ccccc2)CC1.I. The first-order valence-electron chi connectivity index (χ1n) is 11.1. The van der Waals surface area contributed by atoms with Gasteiger partial charge in [0.25, 0.3) is 0 Å². The van der Waals surface area contributed by atoms with Crippen LogP contribution in [-0.2, 0) is 19.5 Å². The van der Waals surface area contributed by atoms with Crippen molar-refractivity contribution in [2.75, 3.05) is 39.8 Å². The first-order chi connectivity index (χ1) is 15.3. The van der Waals surface area contributed by atoms with Crippen LogP contribution in [0, 0.1) is 0 Å². The number of guanidine groups is 1. The fourth-order valence-electron chi connectivity index (χ4n) is 4.07. The molecule has 0 bridgehead atoms. The largest absolute Gasteiger partial charge is 0.356 e. The van der Waals surface area contributed by atoms with Crippen LogP contribution in [0.5, 0.6) is 0 Å². The molecule has 1 aromatic heterocycles. The second-order valence-electron chi connectivity index (χ2n) is 7.93. The molecular formula is C25H33IN6. The number of nitrogens with one attached hydrogen (secondary N) is 1. The Kier molecular flexibility index (Phi) is 9.55. The number of aliphatic imine (C=N–C) groups is 1. The van der Waals surface area contributed by atoms with Gasteiger partial charge in [0.05, 0.1) is 0 Å². The van der Waals surface area contributed by atoms with Gasteiger partial charge in [-0.3, -0.25) is 9.89 Å². The predicted molar refractivity (Wildman–Crippen MR) is 142 cm³/mol. The number of hydrogen-bond donors (Lipinski definition) is 1. The van der Waals surface area contributed by atoms with E-state index in [1.807, 2.05) is 13.2 Å². The monoisotopic (exact) mass is 544 g/mol. The minimum absolute atomic E-state index is 0.